The van der Waals surface area contributed by atoms with E-state index < -0.39 is 0 Å². The smallest absolute Gasteiger partial charge is 0.205 e. The van der Waals surface area contributed by atoms with Gasteiger partial charge < -0.3 is 10.5 Å². The fourth-order valence-corrected chi connectivity index (χ4v) is 2.84. The van der Waals surface area contributed by atoms with Crippen molar-refractivity contribution in [3.8, 4) is 5.75 Å². The van der Waals surface area contributed by atoms with E-state index in [2.05, 4.69) is 15.5 Å². The van der Waals surface area contributed by atoms with Crippen LogP contribution in [0.15, 0.2) is 52.9 Å². The number of aromatic nitrogens is 1. The Balaban J connectivity index is 1.70. The van der Waals surface area contributed by atoms with Crippen LogP contribution in [0.3, 0.4) is 0 Å². The second kappa shape index (κ2) is 8.20. The molecule has 0 aliphatic rings. The molecule has 0 saturated heterocycles. The van der Waals surface area contributed by atoms with Gasteiger partial charge in [-0.15, -0.1) is 11.3 Å². The number of halogens is 2. The Bertz CT molecular complexity index is 881. The largest absolute Gasteiger partial charge is 0.488 e. The maximum absolute atomic E-state index is 6.07. The zero-order valence-electron chi connectivity index (χ0n) is 12.9. The van der Waals surface area contributed by atoms with Gasteiger partial charge in [-0.25, -0.2) is 4.98 Å². The lowest BCUT2D eigenvalue weighted by atomic mass is 10.2. The van der Waals surface area contributed by atoms with Gasteiger partial charge in [-0.2, -0.15) is 5.10 Å². The fraction of sp³-hybridized carbons (Fsp3) is 0.0588. The minimum absolute atomic E-state index is 0.413. The highest BCUT2D eigenvalue weighted by atomic mass is 35.5. The minimum Gasteiger partial charge on any atom is -0.488 e. The molecule has 3 N–H and O–H groups in total. The molecule has 0 atom stereocenters. The number of benzene rings is 2. The number of anilines is 2. The molecule has 128 valence electrons. The van der Waals surface area contributed by atoms with Crippen molar-refractivity contribution in [2.24, 2.45) is 5.10 Å². The Labute approximate surface area is 159 Å². The highest BCUT2D eigenvalue weighted by Gasteiger charge is 2.04. The van der Waals surface area contributed by atoms with Gasteiger partial charge in [0.05, 0.1) is 6.21 Å². The summed E-state index contributed by atoms with van der Waals surface area (Å²) in [5, 5.41) is 7.79. The summed E-state index contributed by atoms with van der Waals surface area (Å²) in [5.41, 5.74) is 10.2. The molecular weight excluding hydrogens is 379 g/mol. The summed E-state index contributed by atoms with van der Waals surface area (Å²) in [6.45, 7) is 0.413. The number of nitrogens with two attached hydrogens (primary N) is 1. The molecule has 0 bridgehead atoms. The van der Waals surface area contributed by atoms with Gasteiger partial charge in [-0.05, 0) is 35.9 Å². The summed E-state index contributed by atoms with van der Waals surface area (Å²) < 4.78 is 5.87. The molecule has 1 heterocycles. The molecule has 0 radical (unpaired) electrons. The molecule has 0 aliphatic carbocycles. The topological polar surface area (TPSA) is 72.5 Å². The van der Waals surface area contributed by atoms with E-state index in [-0.39, 0.29) is 0 Å². The van der Waals surface area contributed by atoms with Crippen molar-refractivity contribution in [3.05, 3.63) is 69.0 Å². The first kappa shape index (κ1) is 17.5. The molecule has 3 aromatic rings. The Morgan fingerprint density at radius 1 is 1.16 bits per heavy atom. The van der Waals surface area contributed by atoms with Crippen LogP contribution in [-0.2, 0) is 6.61 Å². The molecule has 0 saturated carbocycles. The summed E-state index contributed by atoms with van der Waals surface area (Å²) in [7, 11) is 0. The normalized spacial score (nSPS) is 11.0. The molecule has 0 amide bonds. The van der Waals surface area contributed by atoms with E-state index in [4.69, 9.17) is 33.7 Å². The van der Waals surface area contributed by atoms with Gasteiger partial charge in [0.15, 0.2) is 0 Å². The molecule has 5 nitrogen and oxygen atoms in total. The number of ether oxygens (including phenoxy) is 1. The number of nitrogens with one attached hydrogen (secondary N) is 1. The summed E-state index contributed by atoms with van der Waals surface area (Å²) in [5.74, 6) is 1.13. The number of hydrogen-bond donors (Lipinski definition) is 2. The molecule has 3 rings (SSSR count). The Kier molecular flexibility index (Phi) is 5.75. The molecular formula is C17H14Cl2N4OS. The predicted molar refractivity (Wildman–Crippen MR) is 105 cm³/mol. The Morgan fingerprint density at radius 2 is 1.92 bits per heavy atom. The maximum Gasteiger partial charge on any atom is 0.205 e. The van der Waals surface area contributed by atoms with Crippen LogP contribution in [0, 0.1) is 0 Å². The van der Waals surface area contributed by atoms with Crippen LogP contribution in [0.1, 0.15) is 11.1 Å². The highest BCUT2D eigenvalue weighted by molar-refractivity contribution is 7.14. The van der Waals surface area contributed by atoms with Crippen LogP contribution in [0.25, 0.3) is 0 Å². The van der Waals surface area contributed by atoms with E-state index in [1.165, 1.54) is 11.3 Å². The van der Waals surface area contributed by atoms with E-state index in [1.807, 2.05) is 24.3 Å². The van der Waals surface area contributed by atoms with Crippen molar-refractivity contribution in [3.63, 3.8) is 0 Å². The van der Waals surface area contributed by atoms with Gasteiger partial charge in [0.25, 0.3) is 0 Å². The number of nitrogens with zero attached hydrogens (tertiary/aromatic N) is 2. The Hall–Kier alpha value is -2.28. The molecule has 0 unspecified atom stereocenters. The Morgan fingerprint density at radius 3 is 2.64 bits per heavy atom. The van der Waals surface area contributed by atoms with Crippen molar-refractivity contribution in [2.75, 3.05) is 11.2 Å². The van der Waals surface area contributed by atoms with Crippen molar-refractivity contribution in [1.29, 1.82) is 0 Å². The fourth-order valence-electron chi connectivity index (χ4n) is 1.99. The van der Waals surface area contributed by atoms with E-state index in [1.54, 1.807) is 29.8 Å². The lowest BCUT2D eigenvalue weighted by Crippen LogP contribution is -1.99. The predicted octanol–water partition coefficient (Wildman–Crippen LogP) is 5.06. The first-order valence-electron chi connectivity index (χ1n) is 7.27. The lowest BCUT2D eigenvalue weighted by molar-refractivity contribution is 0.306. The SMILES string of the molecule is Nc1csc(NN=Cc2cc(Cl)ccc2OCc2ccc(Cl)cc2)n1. The number of hydrazone groups is 1. The monoisotopic (exact) mass is 392 g/mol. The molecule has 0 aliphatic heterocycles. The average Bonchev–Trinajstić information content (AvgIpc) is 3.01. The third-order valence-corrected chi connectivity index (χ3v) is 4.42. The van der Waals surface area contributed by atoms with E-state index in [0.717, 1.165) is 11.1 Å². The van der Waals surface area contributed by atoms with Gasteiger partial charge in [0.1, 0.15) is 18.2 Å². The highest BCUT2D eigenvalue weighted by Crippen LogP contribution is 2.23. The number of rotatable bonds is 6. The first-order chi connectivity index (χ1) is 12.1. The molecule has 0 spiro atoms. The summed E-state index contributed by atoms with van der Waals surface area (Å²) >= 11 is 13.3. The first-order valence-corrected chi connectivity index (χ1v) is 8.90. The van der Waals surface area contributed by atoms with Crippen LogP contribution in [0.2, 0.25) is 10.0 Å². The maximum atomic E-state index is 6.07. The van der Waals surface area contributed by atoms with Crippen LogP contribution in [0.4, 0.5) is 10.9 Å². The molecule has 25 heavy (non-hydrogen) atoms. The van der Waals surface area contributed by atoms with Crippen molar-refractivity contribution < 1.29 is 4.74 Å². The zero-order chi connectivity index (χ0) is 17.6. The summed E-state index contributed by atoms with van der Waals surface area (Å²) in [6.07, 6.45) is 1.63. The third-order valence-electron chi connectivity index (χ3n) is 3.17. The molecule has 0 fully saturated rings. The van der Waals surface area contributed by atoms with Gasteiger partial charge in [0.2, 0.25) is 5.13 Å². The molecule has 2 aromatic carbocycles. The van der Waals surface area contributed by atoms with Crippen molar-refractivity contribution in [1.82, 2.24) is 4.98 Å². The van der Waals surface area contributed by atoms with E-state index in [9.17, 15) is 0 Å². The van der Waals surface area contributed by atoms with Crippen LogP contribution in [-0.4, -0.2) is 11.2 Å². The van der Waals surface area contributed by atoms with Gasteiger partial charge in [-0.1, -0.05) is 35.3 Å². The van der Waals surface area contributed by atoms with Crippen LogP contribution in [0.5, 0.6) is 5.75 Å². The number of thiazole rings is 1. The number of nitrogen functional groups attached to an aromatic ring is 1. The molecule has 8 heteroatoms. The van der Waals surface area contributed by atoms with Crippen LogP contribution >= 0.6 is 34.5 Å². The lowest BCUT2D eigenvalue weighted by Gasteiger charge is -2.09. The van der Waals surface area contributed by atoms with Gasteiger partial charge in [-0.3, -0.25) is 5.43 Å². The molecule has 1 aromatic heterocycles. The number of hydrogen-bond acceptors (Lipinski definition) is 6. The van der Waals surface area contributed by atoms with Crippen LogP contribution < -0.4 is 15.9 Å². The average molecular weight is 393 g/mol. The standard InChI is InChI=1S/C17H14Cl2N4OS/c18-13-3-1-11(2-4-13)9-24-15-6-5-14(19)7-12(15)8-21-23-17-22-16(20)10-25-17/h1-8,10H,9,20H2,(H,22,23). The third kappa shape index (κ3) is 5.09. The van der Waals surface area contributed by atoms with Gasteiger partial charge >= 0.3 is 0 Å². The second-order valence-corrected chi connectivity index (χ2v) is 6.78. The van der Waals surface area contributed by atoms with Crippen molar-refractivity contribution >= 4 is 51.7 Å². The summed E-state index contributed by atoms with van der Waals surface area (Å²) in [6, 6.07) is 12.8. The summed E-state index contributed by atoms with van der Waals surface area (Å²) in [4.78, 5) is 4.07. The second-order valence-electron chi connectivity index (χ2n) is 5.04. The minimum atomic E-state index is 0.413. The zero-order valence-corrected chi connectivity index (χ0v) is 15.3. The quantitative estimate of drug-likeness (QED) is 0.454. The van der Waals surface area contributed by atoms with Gasteiger partial charge in [0, 0.05) is 21.0 Å². The van der Waals surface area contributed by atoms with E-state index in [0.29, 0.717) is 33.4 Å². The van der Waals surface area contributed by atoms with Crippen molar-refractivity contribution in [2.45, 2.75) is 6.61 Å². The van der Waals surface area contributed by atoms with E-state index >= 15 is 0 Å².